The number of aryl methyl sites for hydroxylation is 1. The van der Waals surface area contributed by atoms with Gasteiger partial charge in [0, 0.05) is 10.7 Å². The Morgan fingerprint density at radius 3 is 2.33 bits per heavy atom. The summed E-state index contributed by atoms with van der Waals surface area (Å²) in [6, 6.07) is 10.3. The molecule has 1 amide bonds. The van der Waals surface area contributed by atoms with Crippen molar-refractivity contribution in [2.75, 3.05) is 5.32 Å². The van der Waals surface area contributed by atoms with Crippen LogP contribution >= 0.6 is 23.2 Å². The monoisotopic (exact) mass is 386 g/mol. The second-order valence-corrected chi connectivity index (χ2v) is 7.80. The van der Waals surface area contributed by atoms with Gasteiger partial charge in [0.2, 0.25) is 15.9 Å². The third-order valence-corrected chi connectivity index (χ3v) is 5.48. The molecule has 2 aromatic rings. The molecule has 0 aromatic heterocycles. The lowest BCUT2D eigenvalue weighted by Gasteiger charge is -2.15. The molecule has 0 radical (unpaired) electrons. The summed E-state index contributed by atoms with van der Waals surface area (Å²) in [6.45, 7) is 3.37. The number of benzene rings is 2. The number of anilines is 1. The molecule has 0 bridgehead atoms. The van der Waals surface area contributed by atoms with E-state index >= 15 is 0 Å². The quantitative estimate of drug-likeness (QED) is 0.823. The molecule has 2 N–H and O–H groups in total. The molecule has 0 aliphatic carbocycles. The Morgan fingerprint density at radius 1 is 1.08 bits per heavy atom. The molecule has 128 valence electrons. The first kappa shape index (κ1) is 18.7. The number of hydrogen-bond acceptors (Lipinski definition) is 3. The second-order valence-electron chi connectivity index (χ2n) is 5.27. The minimum Gasteiger partial charge on any atom is -0.325 e. The first-order chi connectivity index (χ1) is 11.2. The van der Waals surface area contributed by atoms with Crippen LogP contribution in [0.3, 0.4) is 0 Å². The predicted molar refractivity (Wildman–Crippen MR) is 96.1 cm³/mol. The average molecular weight is 387 g/mol. The minimum absolute atomic E-state index is 0.0260. The molecule has 0 fully saturated rings. The zero-order valence-electron chi connectivity index (χ0n) is 13.0. The Hall–Kier alpha value is -1.60. The van der Waals surface area contributed by atoms with Crippen LogP contribution in [0.15, 0.2) is 47.4 Å². The highest BCUT2D eigenvalue weighted by molar-refractivity contribution is 7.89. The summed E-state index contributed by atoms with van der Waals surface area (Å²) in [5.41, 5.74) is 1.63. The smallest absolute Gasteiger partial charge is 0.242 e. The van der Waals surface area contributed by atoms with Crippen molar-refractivity contribution in [2.45, 2.75) is 24.8 Å². The normalized spacial score (nSPS) is 12.7. The Kier molecular flexibility index (Phi) is 5.87. The molecule has 0 saturated heterocycles. The predicted octanol–water partition coefficient (Wildman–Crippen LogP) is 3.61. The first-order valence-electron chi connectivity index (χ1n) is 7.04. The van der Waals surface area contributed by atoms with Gasteiger partial charge in [0.05, 0.1) is 11.1 Å². The van der Waals surface area contributed by atoms with Gasteiger partial charge in [0.1, 0.15) is 4.90 Å². The summed E-state index contributed by atoms with van der Waals surface area (Å²) >= 11 is 11.7. The molecule has 5 nitrogen and oxygen atoms in total. The molecule has 0 heterocycles. The molecule has 2 aromatic carbocycles. The molecule has 1 atom stereocenters. The molecule has 0 saturated carbocycles. The fourth-order valence-corrected chi connectivity index (χ4v) is 3.89. The van der Waals surface area contributed by atoms with Crippen molar-refractivity contribution in [1.29, 1.82) is 0 Å². The van der Waals surface area contributed by atoms with E-state index < -0.39 is 22.0 Å². The summed E-state index contributed by atoms with van der Waals surface area (Å²) in [6.07, 6.45) is 0. The Balaban J connectivity index is 2.12. The van der Waals surface area contributed by atoms with E-state index in [9.17, 15) is 13.2 Å². The summed E-state index contributed by atoms with van der Waals surface area (Å²) < 4.78 is 27.1. The number of sulfonamides is 1. The van der Waals surface area contributed by atoms with Gasteiger partial charge in [0.15, 0.2) is 0 Å². The number of rotatable bonds is 5. The van der Waals surface area contributed by atoms with E-state index in [1.54, 1.807) is 12.1 Å². The van der Waals surface area contributed by atoms with Crippen molar-refractivity contribution in [1.82, 2.24) is 4.72 Å². The maximum Gasteiger partial charge on any atom is 0.242 e. The molecule has 0 spiro atoms. The maximum absolute atomic E-state index is 12.4. The lowest BCUT2D eigenvalue weighted by Crippen LogP contribution is -2.41. The van der Waals surface area contributed by atoms with Crippen molar-refractivity contribution in [3.63, 3.8) is 0 Å². The molecule has 0 aliphatic rings. The second kappa shape index (κ2) is 7.53. The van der Waals surface area contributed by atoms with Gasteiger partial charge in [-0.3, -0.25) is 4.79 Å². The first-order valence-corrected chi connectivity index (χ1v) is 9.28. The lowest BCUT2D eigenvalue weighted by molar-refractivity contribution is -0.117. The van der Waals surface area contributed by atoms with Gasteiger partial charge < -0.3 is 5.32 Å². The van der Waals surface area contributed by atoms with E-state index in [4.69, 9.17) is 23.2 Å². The van der Waals surface area contributed by atoms with Crippen LogP contribution in [-0.4, -0.2) is 20.4 Å². The zero-order valence-corrected chi connectivity index (χ0v) is 15.3. The SMILES string of the molecule is Cc1ccc(NC(=O)C(C)NS(=O)(=O)c2cc(Cl)ccc2Cl)cc1. The summed E-state index contributed by atoms with van der Waals surface area (Å²) in [5.74, 6) is -0.486. The van der Waals surface area contributed by atoms with Gasteiger partial charge in [-0.15, -0.1) is 0 Å². The molecular weight excluding hydrogens is 371 g/mol. The number of amides is 1. The van der Waals surface area contributed by atoms with E-state index in [1.165, 1.54) is 25.1 Å². The van der Waals surface area contributed by atoms with Crippen molar-refractivity contribution >= 4 is 44.8 Å². The highest BCUT2D eigenvalue weighted by Gasteiger charge is 2.24. The fourth-order valence-electron chi connectivity index (χ4n) is 1.92. The molecular formula is C16H16Cl2N2O3S. The number of halogens is 2. The third-order valence-electron chi connectivity index (χ3n) is 3.23. The van der Waals surface area contributed by atoms with Crippen LogP contribution in [0.4, 0.5) is 5.69 Å². The fraction of sp³-hybridized carbons (Fsp3) is 0.188. The molecule has 0 aliphatic heterocycles. The Bertz CT molecular complexity index is 852. The van der Waals surface area contributed by atoms with Gasteiger partial charge in [-0.25, -0.2) is 8.42 Å². The number of carbonyl (C=O) groups excluding carboxylic acids is 1. The Labute approximate surface area is 151 Å². The van der Waals surface area contributed by atoms with E-state index in [-0.39, 0.29) is 14.9 Å². The van der Waals surface area contributed by atoms with Crippen LogP contribution in [0.2, 0.25) is 10.0 Å². The van der Waals surface area contributed by atoms with Crippen LogP contribution in [0.1, 0.15) is 12.5 Å². The van der Waals surface area contributed by atoms with Crippen LogP contribution in [0.5, 0.6) is 0 Å². The highest BCUT2D eigenvalue weighted by atomic mass is 35.5. The van der Waals surface area contributed by atoms with E-state index in [0.717, 1.165) is 5.56 Å². The van der Waals surface area contributed by atoms with Gasteiger partial charge in [0.25, 0.3) is 0 Å². The maximum atomic E-state index is 12.4. The molecule has 24 heavy (non-hydrogen) atoms. The highest BCUT2D eigenvalue weighted by Crippen LogP contribution is 2.25. The lowest BCUT2D eigenvalue weighted by atomic mass is 10.2. The molecule has 1 unspecified atom stereocenters. The Morgan fingerprint density at radius 2 is 1.71 bits per heavy atom. The van der Waals surface area contributed by atoms with Gasteiger partial charge >= 0.3 is 0 Å². The number of nitrogens with one attached hydrogen (secondary N) is 2. The van der Waals surface area contributed by atoms with Gasteiger partial charge in [-0.1, -0.05) is 40.9 Å². The van der Waals surface area contributed by atoms with E-state index in [2.05, 4.69) is 10.0 Å². The number of carbonyl (C=O) groups is 1. The van der Waals surface area contributed by atoms with Crippen LogP contribution < -0.4 is 10.0 Å². The van der Waals surface area contributed by atoms with Crippen LogP contribution in [0.25, 0.3) is 0 Å². The third kappa shape index (κ3) is 4.70. The number of hydrogen-bond donors (Lipinski definition) is 2. The summed E-state index contributed by atoms with van der Waals surface area (Å²) in [5, 5.41) is 2.90. The van der Waals surface area contributed by atoms with Crippen molar-refractivity contribution in [3.8, 4) is 0 Å². The largest absolute Gasteiger partial charge is 0.325 e. The van der Waals surface area contributed by atoms with E-state index in [1.807, 2.05) is 19.1 Å². The van der Waals surface area contributed by atoms with Crippen molar-refractivity contribution < 1.29 is 13.2 Å². The van der Waals surface area contributed by atoms with Crippen molar-refractivity contribution in [3.05, 3.63) is 58.1 Å². The van der Waals surface area contributed by atoms with Gasteiger partial charge in [-0.2, -0.15) is 4.72 Å². The van der Waals surface area contributed by atoms with Crippen molar-refractivity contribution in [2.24, 2.45) is 0 Å². The summed E-state index contributed by atoms with van der Waals surface area (Å²) in [7, 11) is -3.98. The standard InChI is InChI=1S/C16H16Cl2N2O3S/c1-10-3-6-13(7-4-10)19-16(21)11(2)20-24(22,23)15-9-12(17)5-8-14(15)18/h3-9,11,20H,1-2H3,(H,19,21). The van der Waals surface area contributed by atoms with E-state index in [0.29, 0.717) is 5.69 Å². The molecule has 2 rings (SSSR count). The molecule has 8 heteroatoms. The van der Waals surface area contributed by atoms with Gasteiger partial charge in [-0.05, 0) is 44.2 Å². The van der Waals surface area contributed by atoms with Crippen LogP contribution in [-0.2, 0) is 14.8 Å². The topological polar surface area (TPSA) is 75.3 Å². The van der Waals surface area contributed by atoms with Crippen LogP contribution in [0, 0.1) is 6.92 Å². The average Bonchev–Trinajstić information content (AvgIpc) is 2.51. The summed E-state index contributed by atoms with van der Waals surface area (Å²) in [4.78, 5) is 12.0. The minimum atomic E-state index is -3.98. The zero-order chi connectivity index (χ0) is 17.9.